The van der Waals surface area contributed by atoms with Gasteiger partial charge in [0.25, 0.3) is 11.5 Å². The van der Waals surface area contributed by atoms with Crippen LogP contribution in [0, 0.1) is 5.92 Å². The molecule has 1 N–H and O–H groups in total. The van der Waals surface area contributed by atoms with Gasteiger partial charge in [0.2, 0.25) is 0 Å². The van der Waals surface area contributed by atoms with Crippen LogP contribution in [0.25, 0.3) is 10.6 Å². The van der Waals surface area contributed by atoms with Gasteiger partial charge in [0.05, 0.1) is 17.5 Å². The Hall–Kier alpha value is -2.74. The summed E-state index contributed by atoms with van der Waals surface area (Å²) in [5.74, 6) is 0.479. The first-order valence-corrected chi connectivity index (χ1v) is 10.2. The number of thiophene rings is 1. The van der Waals surface area contributed by atoms with Gasteiger partial charge in [-0.25, -0.2) is 4.68 Å². The smallest absolute Gasteiger partial charge is 0.273 e. The highest BCUT2D eigenvalue weighted by Gasteiger charge is 2.21. The standard InChI is InChI=1S/C20H24N4O3S/c1-4-6-14-11-16(23-27-14)20(26)21-17(13(2)3)12-24-19(25)9-8-15(22-24)18-7-5-10-28-18/h5,7-11,13,17H,4,6,12H2,1-3H3,(H,21,26)/t17-/m1/s1. The summed E-state index contributed by atoms with van der Waals surface area (Å²) in [6, 6.07) is 8.52. The summed E-state index contributed by atoms with van der Waals surface area (Å²) in [5, 5.41) is 13.3. The second-order valence-electron chi connectivity index (χ2n) is 6.97. The van der Waals surface area contributed by atoms with Crippen LogP contribution in [-0.4, -0.2) is 26.9 Å². The molecule has 0 radical (unpaired) electrons. The molecule has 0 aromatic carbocycles. The Kier molecular flexibility index (Phi) is 6.41. The number of hydrogen-bond acceptors (Lipinski definition) is 6. The third kappa shape index (κ3) is 4.75. The van der Waals surface area contributed by atoms with Crippen molar-refractivity contribution in [3.63, 3.8) is 0 Å². The first-order valence-electron chi connectivity index (χ1n) is 9.36. The molecule has 28 heavy (non-hydrogen) atoms. The molecule has 3 heterocycles. The van der Waals surface area contributed by atoms with Crippen LogP contribution in [0.1, 0.15) is 43.4 Å². The molecular formula is C20H24N4O3S. The van der Waals surface area contributed by atoms with Gasteiger partial charge in [0, 0.05) is 18.6 Å². The lowest BCUT2D eigenvalue weighted by molar-refractivity contribution is 0.0909. The van der Waals surface area contributed by atoms with Crippen molar-refractivity contribution in [1.82, 2.24) is 20.3 Å². The van der Waals surface area contributed by atoms with Crippen LogP contribution in [0.2, 0.25) is 0 Å². The lowest BCUT2D eigenvalue weighted by atomic mass is 10.0. The zero-order valence-electron chi connectivity index (χ0n) is 16.2. The number of aryl methyl sites for hydroxylation is 1. The largest absolute Gasteiger partial charge is 0.361 e. The third-order valence-corrected chi connectivity index (χ3v) is 5.31. The van der Waals surface area contributed by atoms with E-state index >= 15 is 0 Å². The first-order chi connectivity index (χ1) is 13.5. The van der Waals surface area contributed by atoms with E-state index in [1.54, 1.807) is 23.5 Å². The number of carbonyl (C=O) groups is 1. The van der Waals surface area contributed by atoms with Gasteiger partial charge in [-0.15, -0.1) is 11.3 Å². The molecule has 0 spiro atoms. The summed E-state index contributed by atoms with van der Waals surface area (Å²) in [5.41, 5.74) is 0.790. The Morgan fingerprint density at radius 2 is 2.14 bits per heavy atom. The fourth-order valence-electron chi connectivity index (χ4n) is 2.77. The normalized spacial score (nSPS) is 12.3. The molecule has 7 nitrogen and oxygen atoms in total. The summed E-state index contributed by atoms with van der Waals surface area (Å²) < 4.78 is 6.59. The van der Waals surface area contributed by atoms with Gasteiger partial charge in [-0.3, -0.25) is 9.59 Å². The van der Waals surface area contributed by atoms with Crippen molar-refractivity contribution in [3.05, 3.63) is 57.5 Å². The van der Waals surface area contributed by atoms with Crippen LogP contribution < -0.4 is 10.9 Å². The molecule has 1 amide bonds. The van der Waals surface area contributed by atoms with Crippen molar-refractivity contribution < 1.29 is 9.32 Å². The average Bonchev–Trinajstić information content (AvgIpc) is 3.35. The Morgan fingerprint density at radius 3 is 2.82 bits per heavy atom. The maximum absolute atomic E-state index is 12.6. The van der Waals surface area contributed by atoms with Crippen LogP contribution in [0.15, 0.2) is 45.0 Å². The van der Waals surface area contributed by atoms with Gasteiger partial charge >= 0.3 is 0 Å². The van der Waals surface area contributed by atoms with E-state index in [4.69, 9.17) is 4.52 Å². The number of aromatic nitrogens is 3. The Bertz CT molecular complexity index is 976. The molecular weight excluding hydrogens is 376 g/mol. The number of nitrogens with one attached hydrogen (secondary N) is 1. The highest BCUT2D eigenvalue weighted by molar-refractivity contribution is 7.13. The van der Waals surface area contributed by atoms with E-state index in [9.17, 15) is 9.59 Å². The van der Waals surface area contributed by atoms with Crippen LogP contribution >= 0.6 is 11.3 Å². The van der Waals surface area contributed by atoms with E-state index in [-0.39, 0.29) is 35.7 Å². The van der Waals surface area contributed by atoms with Crippen molar-refractivity contribution >= 4 is 17.2 Å². The molecule has 3 aromatic heterocycles. The third-order valence-electron chi connectivity index (χ3n) is 4.42. The fourth-order valence-corrected chi connectivity index (χ4v) is 3.46. The van der Waals surface area contributed by atoms with E-state index in [2.05, 4.69) is 15.6 Å². The maximum atomic E-state index is 12.6. The Balaban J connectivity index is 1.76. The molecule has 0 saturated heterocycles. The SMILES string of the molecule is CCCc1cc(C(=O)N[C@H](Cn2nc(-c3cccs3)ccc2=O)C(C)C)no1. The van der Waals surface area contributed by atoms with Gasteiger partial charge < -0.3 is 9.84 Å². The van der Waals surface area contributed by atoms with E-state index in [0.717, 1.165) is 23.4 Å². The molecule has 0 saturated carbocycles. The van der Waals surface area contributed by atoms with Crippen LogP contribution in [0.3, 0.4) is 0 Å². The molecule has 0 aliphatic rings. The van der Waals surface area contributed by atoms with Crippen LogP contribution in [0.4, 0.5) is 0 Å². The number of rotatable bonds is 8. The molecule has 148 valence electrons. The summed E-state index contributed by atoms with van der Waals surface area (Å²) in [7, 11) is 0. The van der Waals surface area contributed by atoms with Crippen molar-refractivity contribution in [2.24, 2.45) is 5.92 Å². The lowest BCUT2D eigenvalue weighted by Gasteiger charge is -2.22. The van der Waals surface area contributed by atoms with Crippen molar-refractivity contribution in [3.8, 4) is 10.6 Å². The second kappa shape index (κ2) is 8.97. The lowest BCUT2D eigenvalue weighted by Crippen LogP contribution is -2.44. The summed E-state index contributed by atoms with van der Waals surface area (Å²) in [6.45, 7) is 6.29. The average molecular weight is 401 g/mol. The van der Waals surface area contributed by atoms with Crippen LogP contribution in [0.5, 0.6) is 0 Å². The minimum atomic E-state index is -0.313. The highest BCUT2D eigenvalue weighted by atomic mass is 32.1. The van der Waals surface area contributed by atoms with E-state index in [1.807, 2.05) is 38.3 Å². The molecule has 8 heteroatoms. The van der Waals surface area contributed by atoms with Gasteiger partial charge in [0.15, 0.2) is 5.69 Å². The molecule has 1 atom stereocenters. The number of hydrogen-bond donors (Lipinski definition) is 1. The molecule has 0 aliphatic carbocycles. The quantitative estimate of drug-likeness (QED) is 0.626. The zero-order chi connectivity index (χ0) is 20.1. The molecule has 0 aliphatic heterocycles. The minimum absolute atomic E-state index is 0.102. The van der Waals surface area contributed by atoms with E-state index in [0.29, 0.717) is 5.76 Å². The Morgan fingerprint density at radius 1 is 1.32 bits per heavy atom. The number of amides is 1. The second-order valence-corrected chi connectivity index (χ2v) is 7.92. The molecule has 3 rings (SSSR count). The molecule has 0 unspecified atom stereocenters. The van der Waals surface area contributed by atoms with Gasteiger partial charge in [-0.05, 0) is 29.9 Å². The minimum Gasteiger partial charge on any atom is -0.361 e. The summed E-state index contributed by atoms with van der Waals surface area (Å²) in [4.78, 5) is 25.9. The molecule has 0 fully saturated rings. The van der Waals surface area contributed by atoms with Gasteiger partial charge in [-0.1, -0.05) is 32.0 Å². The summed E-state index contributed by atoms with van der Waals surface area (Å²) >= 11 is 1.56. The van der Waals surface area contributed by atoms with Gasteiger partial charge in [-0.2, -0.15) is 5.10 Å². The predicted molar refractivity (Wildman–Crippen MR) is 108 cm³/mol. The predicted octanol–water partition coefficient (Wildman–Crippen LogP) is 3.37. The first kappa shape index (κ1) is 20.0. The van der Waals surface area contributed by atoms with E-state index in [1.165, 1.54) is 10.7 Å². The van der Waals surface area contributed by atoms with Crippen molar-refractivity contribution in [2.75, 3.05) is 0 Å². The monoisotopic (exact) mass is 400 g/mol. The molecule has 3 aromatic rings. The zero-order valence-corrected chi connectivity index (χ0v) is 17.0. The van der Waals surface area contributed by atoms with Crippen LogP contribution in [-0.2, 0) is 13.0 Å². The fraction of sp³-hybridized carbons (Fsp3) is 0.400. The Labute approximate surface area is 167 Å². The molecule has 0 bridgehead atoms. The number of carbonyl (C=O) groups excluding carboxylic acids is 1. The topological polar surface area (TPSA) is 90.0 Å². The van der Waals surface area contributed by atoms with Crippen molar-refractivity contribution in [1.29, 1.82) is 0 Å². The van der Waals surface area contributed by atoms with E-state index < -0.39 is 0 Å². The highest BCUT2D eigenvalue weighted by Crippen LogP contribution is 2.21. The summed E-state index contributed by atoms with van der Waals surface area (Å²) in [6.07, 6.45) is 1.66. The van der Waals surface area contributed by atoms with Crippen molar-refractivity contribution in [2.45, 2.75) is 46.2 Å². The van der Waals surface area contributed by atoms with Gasteiger partial charge in [0.1, 0.15) is 11.5 Å². The number of nitrogens with zero attached hydrogens (tertiary/aromatic N) is 3. The maximum Gasteiger partial charge on any atom is 0.273 e.